The summed E-state index contributed by atoms with van der Waals surface area (Å²) in [5.74, 6) is 0.672. The van der Waals surface area contributed by atoms with Crippen LogP contribution in [0, 0.1) is 6.92 Å². The summed E-state index contributed by atoms with van der Waals surface area (Å²) in [5, 5.41) is 0.723. The summed E-state index contributed by atoms with van der Waals surface area (Å²) in [4.78, 5) is 24.3. The largest absolute Gasteiger partial charge is 0.494 e. The minimum Gasteiger partial charge on any atom is -0.494 e. The predicted octanol–water partition coefficient (Wildman–Crippen LogP) is 6.11. The molecule has 0 atom stereocenters. The van der Waals surface area contributed by atoms with Gasteiger partial charge in [0.1, 0.15) is 5.75 Å². The highest BCUT2D eigenvalue weighted by Crippen LogP contribution is 2.31. The molecule has 0 aliphatic rings. The zero-order valence-corrected chi connectivity index (χ0v) is 20.1. The summed E-state index contributed by atoms with van der Waals surface area (Å²) < 4.78 is 8.99. The first-order valence-corrected chi connectivity index (χ1v) is 12.3. The summed E-state index contributed by atoms with van der Waals surface area (Å²) in [6.45, 7) is 6.26. The number of nitrogens with zero attached hydrogens (tertiary/aromatic N) is 4. The third kappa shape index (κ3) is 5.99. The Bertz CT molecular complexity index is 1190. The summed E-state index contributed by atoms with van der Waals surface area (Å²) in [6, 6.07) is 13.7. The Balaban J connectivity index is 1.55. The highest BCUT2D eigenvalue weighted by atomic mass is 32.1. The number of anilines is 1. The first kappa shape index (κ1) is 23.0. The lowest BCUT2D eigenvalue weighted by Gasteiger charge is -2.20. The minimum absolute atomic E-state index is 0.0598. The maximum atomic E-state index is 13.6. The van der Waals surface area contributed by atoms with Crippen LogP contribution >= 0.6 is 11.3 Å². The first-order valence-electron chi connectivity index (χ1n) is 11.5. The second-order valence-electron chi connectivity index (χ2n) is 8.16. The highest BCUT2D eigenvalue weighted by Gasteiger charge is 2.21. The predicted molar refractivity (Wildman–Crippen MR) is 134 cm³/mol. The van der Waals surface area contributed by atoms with Crippen molar-refractivity contribution in [1.82, 2.24) is 14.5 Å². The molecule has 0 aliphatic carbocycles. The molecule has 0 saturated carbocycles. The molecule has 0 fully saturated rings. The Morgan fingerprint density at radius 1 is 1.15 bits per heavy atom. The number of carbonyl (C=O) groups excluding carboxylic acids is 1. The maximum Gasteiger partial charge on any atom is 0.260 e. The molecule has 2 heterocycles. The van der Waals surface area contributed by atoms with E-state index >= 15 is 0 Å². The molecule has 0 unspecified atom stereocenters. The summed E-state index contributed by atoms with van der Waals surface area (Å²) >= 11 is 1.56. The van der Waals surface area contributed by atoms with Crippen molar-refractivity contribution in [3.05, 3.63) is 72.3 Å². The van der Waals surface area contributed by atoms with Crippen LogP contribution < -0.4 is 9.64 Å². The normalized spacial score (nSPS) is 11.1. The van der Waals surface area contributed by atoms with Gasteiger partial charge >= 0.3 is 0 Å². The van der Waals surface area contributed by atoms with E-state index in [9.17, 15) is 4.79 Å². The van der Waals surface area contributed by atoms with E-state index in [1.165, 1.54) is 5.56 Å². The number of hydrogen-bond acceptors (Lipinski definition) is 5. The maximum absolute atomic E-state index is 13.6. The fourth-order valence-corrected chi connectivity index (χ4v) is 4.75. The summed E-state index contributed by atoms with van der Waals surface area (Å²) in [7, 11) is 0. The van der Waals surface area contributed by atoms with Crippen molar-refractivity contribution in [3.63, 3.8) is 0 Å². The molecule has 7 heteroatoms. The van der Waals surface area contributed by atoms with Crippen molar-refractivity contribution in [1.29, 1.82) is 0 Å². The van der Waals surface area contributed by atoms with Gasteiger partial charge in [-0.05, 0) is 55.7 Å². The molecule has 33 heavy (non-hydrogen) atoms. The third-order valence-corrected chi connectivity index (χ3v) is 6.50. The molecule has 0 aliphatic heterocycles. The van der Waals surface area contributed by atoms with Crippen LogP contribution in [0.2, 0.25) is 0 Å². The van der Waals surface area contributed by atoms with Crippen LogP contribution in [0.3, 0.4) is 0 Å². The molecule has 0 saturated heterocycles. The Morgan fingerprint density at radius 3 is 2.88 bits per heavy atom. The summed E-state index contributed by atoms with van der Waals surface area (Å²) in [5.41, 5.74) is 2.71. The number of rotatable bonds is 11. The number of aromatic nitrogens is 3. The van der Waals surface area contributed by atoms with Crippen LogP contribution in [0.5, 0.6) is 5.75 Å². The Hall–Kier alpha value is -3.19. The Morgan fingerprint density at radius 2 is 2.06 bits per heavy atom. The number of aryl methyl sites for hydroxylation is 2. The van der Waals surface area contributed by atoms with Gasteiger partial charge in [-0.3, -0.25) is 9.69 Å². The van der Waals surface area contributed by atoms with E-state index in [1.807, 2.05) is 41.1 Å². The van der Waals surface area contributed by atoms with E-state index < -0.39 is 0 Å². The van der Waals surface area contributed by atoms with Gasteiger partial charge in [0.25, 0.3) is 5.91 Å². The number of hydrogen-bond donors (Lipinski definition) is 0. The average Bonchev–Trinajstić information content (AvgIpc) is 3.49. The van der Waals surface area contributed by atoms with E-state index in [-0.39, 0.29) is 5.91 Å². The van der Waals surface area contributed by atoms with Gasteiger partial charge in [0.15, 0.2) is 5.13 Å². The number of benzene rings is 2. The molecule has 172 valence electrons. The number of carbonyl (C=O) groups is 1. The van der Waals surface area contributed by atoms with Gasteiger partial charge in [0.05, 0.1) is 23.2 Å². The number of thiazole rings is 1. The number of unbranched alkanes of at least 4 members (excludes halogenated alkanes) is 2. The number of amides is 1. The zero-order chi connectivity index (χ0) is 23.0. The van der Waals surface area contributed by atoms with E-state index in [1.54, 1.807) is 28.8 Å². The smallest absolute Gasteiger partial charge is 0.260 e. The zero-order valence-electron chi connectivity index (χ0n) is 19.2. The van der Waals surface area contributed by atoms with Crippen molar-refractivity contribution in [2.45, 2.75) is 46.1 Å². The van der Waals surface area contributed by atoms with E-state index in [4.69, 9.17) is 9.72 Å². The lowest BCUT2D eigenvalue weighted by Crippen LogP contribution is -2.32. The molecule has 1 amide bonds. The fraction of sp³-hybridized carbons (Fsp3) is 0.346. The number of fused-ring (bicyclic) bond motifs is 1. The molecule has 4 aromatic rings. The standard InChI is InChI=1S/C26H30N4O2S/c1-3-4-5-16-32-22-9-6-8-21(18-22)25(31)30(14-7-13-29-15-12-27-19-29)26-28-23-11-10-20(2)17-24(23)33-26/h6,8-12,15,17-19H,3-5,7,13-14,16H2,1-2H3. The van der Waals surface area contributed by atoms with Crippen molar-refractivity contribution in [2.24, 2.45) is 0 Å². The van der Waals surface area contributed by atoms with Crippen molar-refractivity contribution < 1.29 is 9.53 Å². The number of imidazole rings is 1. The number of ether oxygens (including phenoxy) is 1. The molecule has 4 rings (SSSR count). The van der Waals surface area contributed by atoms with Crippen LogP contribution in [0.1, 0.15) is 48.5 Å². The van der Waals surface area contributed by atoms with Gasteiger partial charge in [-0.25, -0.2) is 9.97 Å². The molecule has 2 aromatic carbocycles. The van der Waals surface area contributed by atoms with Gasteiger partial charge < -0.3 is 9.30 Å². The van der Waals surface area contributed by atoms with Gasteiger partial charge in [0.2, 0.25) is 0 Å². The van der Waals surface area contributed by atoms with Crippen LogP contribution in [-0.2, 0) is 6.54 Å². The van der Waals surface area contributed by atoms with E-state index in [0.717, 1.165) is 53.3 Å². The molecular weight excluding hydrogens is 432 g/mol. The monoisotopic (exact) mass is 462 g/mol. The molecule has 0 N–H and O–H groups in total. The first-order chi connectivity index (χ1) is 16.1. The topological polar surface area (TPSA) is 60.2 Å². The lowest BCUT2D eigenvalue weighted by atomic mass is 10.2. The minimum atomic E-state index is -0.0598. The van der Waals surface area contributed by atoms with Gasteiger partial charge in [0, 0.05) is 31.0 Å². The molecular formula is C26H30N4O2S. The second-order valence-corrected chi connectivity index (χ2v) is 9.17. The van der Waals surface area contributed by atoms with Crippen molar-refractivity contribution in [2.75, 3.05) is 18.1 Å². The highest BCUT2D eigenvalue weighted by molar-refractivity contribution is 7.22. The molecule has 0 radical (unpaired) electrons. The summed E-state index contributed by atoms with van der Waals surface area (Å²) in [6.07, 6.45) is 9.60. The van der Waals surface area contributed by atoms with Gasteiger partial charge in [-0.1, -0.05) is 43.2 Å². The molecule has 0 spiro atoms. The van der Waals surface area contributed by atoms with Crippen LogP contribution in [0.15, 0.2) is 61.2 Å². The van der Waals surface area contributed by atoms with Gasteiger partial charge in [-0.15, -0.1) is 0 Å². The SMILES string of the molecule is CCCCCOc1cccc(C(=O)N(CCCn2ccnc2)c2nc3ccc(C)cc3s2)c1. The lowest BCUT2D eigenvalue weighted by molar-refractivity contribution is 0.0986. The van der Waals surface area contributed by atoms with Gasteiger partial charge in [-0.2, -0.15) is 0 Å². The molecule has 2 aromatic heterocycles. The Labute approximate surface area is 198 Å². The molecule has 0 bridgehead atoms. The average molecular weight is 463 g/mol. The molecule has 6 nitrogen and oxygen atoms in total. The van der Waals surface area contributed by atoms with E-state index in [2.05, 4.69) is 31.0 Å². The van der Waals surface area contributed by atoms with Crippen molar-refractivity contribution in [3.8, 4) is 5.75 Å². The van der Waals surface area contributed by atoms with Crippen LogP contribution in [0.4, 0.5) is 5.13 Å². The van der Waals surface area contributed by atoms with Crippen molar-refractivity contribution >= 4 is 32.6 Å². The second kappa shape index (κ2) is 11.1. The van der Waals surface area contributed by atoms with Crippen LogP contribution in [0.25, 0.3) is 10.2 Å². The Kier molecular flexibility index (Phi) is 7.73. The fourth-order valence-electron chi connectivity index (χ4n) is 3.67. The quantitative estimate of drug-likeness (QED) is 0.252. The van der Waals surface area contributed by atoms with Crippen LogP contribution in [-0.4, -0.2) is 33.6 Å². The third-order valence-electron chi connectivity index (χ3n) is 5.46. The van der Waals surface area contributed by atoms with E-state index in [0.29, 0.717) is 18.7 Å².